The Bertz CT molecular complexity index is 814. The van der Waals surface area contributed by atoms with Gasteiger partial charge in [0.05, 0.1) is 14.2 Å². The molecule has 2 rings (SSSR count). The molecule has 7 nitrogen and oxygen atoms in total. The number of hydrogen-bond acceptors (Lipinski definition) is 4. The predicted molar refractivity (Wildman–Crippen MR) is 115 cm³/mol. The molecule has 2 N–H and O–H groups in total. The number of ether oxygens (including phenoxy) is 2. The molecule has 0 radical (unpaired) electrons. The second-order valence-corrected chi connectivity index (χ2v) is 7.04. The van der Waals surface area contributed by atoms with Crippen LogP contribution in [0.2, 0.25) is 0 Å². The van der Waals surface area contributed by atoms with Crippen molar-refractivity contribution in [3.8, 4) is 11.5 Å². The molecule has 0 aliphatic heterocycles. The Morgan fingerprint density at radius 2 is 1.63 bits per heavy atom. The quantitative estimate of drug-likeness (QED) is 0.548. The molecule has 0 spiro atoms. The van der Waals surface area contributed by atoms with Gasteiger partial charge in [0.25, 0.3) is 0 Å². The molecule has 0 atom stereocenters. The lowest BCUT2D eigenvalue weighted by Gasteiger charge is -2.24. The number of rotatable bonds is 11. The second-order valence-electron chi connectivity index (χ2n) is 7.04. The summed E-state index contributed by atoms with van der Waals surface area (Å²) in [7, 11) is 3.18. The number of benzene rings is 2. The Kier molecular flexibility index (Phi) is 9.00. The number of aliphatic carboxylic acids is 1. The van der Waals surface area contributed by atoms with Crippen LogP contribution in [-0.2, 0) is 17.8 Å². The van der Waals surface area contributed by atoms with E-state index >= 15 is 0 Å². The molecule has 0 fully saturated rings. The molecular formula is C23H30N2O5. The van der Waals surface area contributed by atoms with Crippen LogP contribution in [0.3, 0.4) is 0 Å². The van der Waals surface area contributed by atoms with Gasteiger partial charge in [-0.05, 0) is 49.4 Å². The van der Waals surface area contributed by atoms with Gasteiger partial charge in [0.15, 0.2) is 0 Å². The number of unbranched alkanes of at least 4 members (excludes halogenated alkanes) is 1. The van der Waals surface area contributed by atoms with E-state index in [1.807, 2.05) is 37.3 Å². The fourth-order valence-corrected chi connectivity index (χ4v) is 3.24. The summed E-state index contributed by atoms with van der Waals surface area (Å²) in [5.74, 6) is 0.282. The van der Waals surface area contributed by atoms with E-state index in [1.165, 1.54) is 5.56 Å². The highest BCUT2D eigenvalue weighted by Crippen LogP contribution is 2.30. The number of carboxylic acid groups (broad SMARTS) is 1. The Morgan fingerprint density at radius 3 is 2.20 bits per heavy atom. The number of carbonyl (C=O) groups excluding carboxylic acids is 1. The summed E-state index contributed by atoms with van der Waals surface area (Å²) in [6, 6.07) is 13.5. The van der Waals surface area contributed by atoms with Crippen LogP contribution in [-0.4, -0.2) is 49.3 Å². The van der Waals surface area contributed by atoms with E-state index in [0.717, 1.165) is 30.4 Å². The van der Waals surface area contributed by atoms with Crippen LogP contribution >= 0.6 is 0 Å². The van der Waals surface area contributed by atoms with Crippen molar-refractivity contribution < 1.29 is 24.2 Å². The highest BCUT2D eigenvalue weighted by Gasteiger charge is 2.17. The monoisotopic (exact) mass is 414 g/mol. The highest BCUT2D eigenvalue weighted by atomic mass is 16.5. The third-order valence-corrected chi connectivity index (χ3v) is 4.85. The number of urea groups is 1. The first kappa shape index (κ1) is 23.1. The first-order chi connectivity index (χ1) is 14.4. The Hall–Kier alpha value is -3.22. The normalized spacial score (nSPS) is 10.4. The lowest BCUT2D eigenvalue weighted by Crippen LogP contribution is -2.42. The van der Waals surface area contributed by atoms with Crippen LogP contribution in [0.4, 0.5) is 4.79 Å². The van der Waals surface area contributed by atoms with Gasteiger partial charge in [0.1, 0.15) is 18.0 Å². The van der Waals surface area contributed by atoms with Crippen LogP contribution in [0, 0.1) is 6.92 Å². The minimum absolute atomic E-state index is 0.323. The number of nitrogens with one attached hydrogen (secondary N) is 1. The number of amides is 2. The van der Waals surface area contributed by atoms with Gasteiger partial charge in [-0.3, -0.25) is 4.79 Å². The minimum atomic E-state index is -1.08. The lowest BCUT2D eigenvalue weighted by atomic mass is 10.1. The molecule has 2 amide bonds. The summed E-state index contributed by atoms with van der Waals surface area (Å²) < 4.78 is 10.8. The van der Waals surface area contributed by atoms with E-state index in [9.17, 15) is 9.59 Å². The molecule has 2 aromatic carbocycles. The smallest absolute Gasteiger partial charge is 0.323 e. The molecule has 0 bridgehead atoms. The van der Waals surface area contributed by atoms with E-state index in [1.54, 1.807) is 19.1 Å². The SMILES string of the molecule is COc1cc(CN(CCCCc2ccccc2)C(=O)NCC(=O)O)cc(OC)c1C. The summed E-state index contributed by atoms with van der Waals surface area (Å²) in [4.78, 5) is 25.0. The number of carboxylic acids is 1. The zero-order chi connectivity index (χ0) is 21.9. The Balaban J connectivity index is 2.07. The van der Waals surface area contributed by atoms with Crippen molar-refractivity contribution in [3.05, 3.63) is 59.2 Å². The first-order valence-electron chi connectivity index (χ1n) is 9.94. The fourth-order valence-electron chi connectivity index (χ4n) is 3.24. The molecule has 162 valence electrons. The topological polar surface area (TPSA) is 88.1 Å². The van der Waals surface area contributed by atoms with Gasteiger partial charge in [0, 0.05) is 18.7 Å². The summed E-state index contributed by atoms with van der Waals surface area (Å²) in [5.41, 5.74) is 2.99. The van der Waals surface area contributed by atoms with Crippen LogP contribution in [0.1, 0.15) is 29.5 Å². The van der Waals surface area contributed by atoms with Gasteiger partial charge in [-0.1, -0.05) is 30.3 Å². The van der Waals surface area contributed by atoms with E-state index in [0.29, 0.717) is 24.6 Å². The highest BCUT2D eigenvalue weighted by molar-refractivity contribution is 5.80. The van der Waals surface area contributed by atoms with Gasteiger partial charge in [0.2, 0.25) is 0 Å². The molecule has 7 heteroatoms. The van der Waals surface area contributed by atoms with Gasteiger partial charge in [-0.25, -0.2) is 4.79 Å². The maximum Gasteiger partial charge on any atom is 0.323 e. The number of methoxy groups -OCH3 is 2. The molecule has 0 heterocycles. The zero-order valence-electron chi connectivity index (χ0n) is 17.8. The first-order valence-corrected chi connectivity index (χ1v) is 9.94. The average Bonchev–Trinajstić information content (AvgIpc) is 2.75. The van der Waals surface area contributed by atoms with Crippen molar-refractivity contribution in [2.75, 3.05) is 27.3 Å². The predicted octanol–water partition coefficient (Wildman–Crippen LogP) is 3.63. The second kappa shape index (κ2) is 11.7. The summed E-state index contributed by atoms with van der Waals surface area (Å²) in [6.45, 7) is 2.32. The largest absolute Gasteiger partial charge is 0.496 e. The van der Waals surface area contributed by atoms with E-state index in [2.05, 4.69) is 17.4 Å². The third-order valence-electron chi connectivity index (χ3n) is 4.85. The minimum Gasteiger partial charge on any atom is -0.496 e. The third kappa shape index (κ3) is 6.99. The number of hydrogen-bond donors (Lipinski definition) is 2. The zero-order valence-corrected chi connectivity index (χ0v) is 17.8. The van der Waals surface area contributed by atoms with Gasteiger partial charge >= 0.3 is 12.0 Å². The summed E-state index contributed by atoms with van der Waals surface area (Å²) >= 11 is 0. The van der Waals surface area contributed by atoms with Crippen LogP contribution in [0.15, 0.2) is 42.5 Å². The van der Waals surface area contributed by atoms with E-state index in [4.69, 9.17) is 14.6 Å². The van der Waals surface area contributed by atoms with Gasteiger partial charge in [-0.2, -0.15) is 0 Å². The molecule has 0 saturated heterocycles. The molecule has 30 heavy (non-hydrogen) atoms. The number of nitrogens with zero attached hydrogens (tertiary/aromatic N) is 1. The lowest BCUT2D eigenvalue weighted by molar-refractivity contribution is -0.135. The number of carbonyl (C=O) groups is 2. The summed E-state index contributed by atoms with van der Waals surface area (Å²) in [6.07, 6.45) is 2.65. The summed E-state index contributed by atoms with van der Waals surface area (Å²) in [5, 5.41) is 11.3. The van der Waals surface area contributed by atoms with Gasteiger partial charge in [-0.15, -0.1) is 0 Å². The number of aryl methyl sites for hydroxylation is 1. The molecule has 0 aliphatic rings. The van der Waals surface area contributed by atoms with E-state index < -0.39 is 18.5 Å². The Morgan fingerprint density at radius 1 is 1.00 bits per heavy atom. The van der Waals surface area contributed by atoms with E-state index in [-0.39, 0.29) is 0 Å². The fraction of sp³-hybridized carbons (Fsp3) is 0.391. The van der Waals surface area contributed by atoms with Crippen molar-refractivity contribution in [3.63, 3.8) is 0 Å². The van der Waals surface area contributed by atoms with Crippen LogP contribution < -0.4 is 14.8 Å². The van der Waals surface area contributed by atoms with Crippen molar-refractivity contribution in [1.82, 2.24) is 10.2 Å². The Labute approximate surface area is 177 Å². The molecule has 0 aliphatic carbocycles. The maximum absolute atomic E-state index is 12.6. The molecular weight excluding hydrogens is 384 g/mol. The van der Waals surface area contributed by atoms with Crippen molar-refractivity contribution >= 4 is 12.0 Å². The van der Waals surface area contributed by atoms with Crippen LogP contribution in [0.25, 0.3) is 0 Å². The van der Waals surface area contributed by atoms with Crippen molar-refractivity contribution in [2.45, 2.75) is 32.7 Å². The van der Waals surface area contributed by atoms with Crippen molar-refractivity contribution in [1.29, 1.82) is 0 Å². The van der Waals surface area contributed by atoms with Crippen LogP contribution in [0.5, 0.6) is 11.5 Å². The molecule has 0 saturated carbocycles. The van der Waals surface area contributed by atoms with Crippen molar-refractivity contribution in [2.24, 2.45) is 0 Å². The van der Waals surface area contributed by atoms with Gasteiger partial charge < -0.3 is 24.8 Å². The maximum atomic E-state index is 12.6. The average molecular weight is 415 g/mol. The molecule has 2 aromatic rings. The molecule has 0 aromatic heterocycles. The molecule has 0 unspecified atom stereocenters. The standard InChI is InChI=1S/C23H30N2O5/c1-17-20(29-2)13-19(14-21(17)30-3)16-25(23(28)24-15-22(26)27)12-8-7-11-18-9-5-4-6-10-18/h4-6,9-10,13-14H,7-8,11-12,15-16H2,1-3H3,(H,24,28)(H,26,27).